The van der Waals surface area contributed by atoms with Crippen molar-refractivity contribution >= 4 is 23.7 Å². The molecule has 0 aromatic heterocycles. The maximum Gasteiger partial charge on any atom is 0.412 e. The highest BCUT2D eigenvalue weighted by atomic mass is 16.7. The Morgan fingerprint density at radius 1 is 0.971 bits per heavy atom. The van der Waals surface area contributed by atoms with Gasteiger partial charge in [0.25, 0.3) is 0 Å². The van der Waals surface area contributed by atoms with Gasteiger partial charge in [-0.2, -0.15) is 0 Å². The summed E-state index contributed by atoms with van der Waals surface area (Å²) in [5.41, 5.74) is 0.464. The highest BCUT2D eigenvalue weighted by molar-refractivity contribution is 5.84. The Hall–Kier alpha value is -3.21. The van der Waals surface area contributed by atoms with Crippen molar-refractivity contribution in [3.8, 4) is 0 Å². The molecular weight excluding hydrogens is 446 g/mol. The van der Waals surface area contributed by atoms with E-state index in [0.717, 1.165) is 0 Å². The number of allylic oxidation sites excluding steroid dienone is 2. The Bertz CT molecular complexity index is 829. The second kappa shape index (κ2) is 14.1. The number of amides is 1. The summed E-state index contributed by atoms with van der Waals surface area (Å²) in [5, 5.41) is 12.4. The third kappa shape index (κ3) is 7.98. The minimum absolute atomic E-state index is 0.00234. The van der Waals surface area contributed by atoms with Gasteiger partial charge in [0.15, 0.2) is 24.6 Å². The summed E-state index contributed by atoms with van der Waals surface area (Å²) in [6, 6.07) is 8.53. The number of hydrogen-bond acceptors (Lipinski definition) is 9. The molecule has 0 spiro atoms. The minimum Gasteiger partial charge on any atom is -0.454 e. The van der Waals surface area contributed by atoms with Gasteiger partial charge >= 0.3 is 18.0 Å². The van der Waals surface area contributed by atoms with Crippen molar-refractivity contribution in [2.75, 3.05) is 19.0 Å². The number of hydrogen-bond donors (Lipinski definition) is 2. The van der Waals surface area contributed by atoms with Crippen LogP contribution >= 0.6 is 0 Å². The van der Waals surface area contributed by atoms with Gasteiger partial charge in [-0.25, -0.2) is 4.79 Å². The average Bonchev–Trinajstić information content (AvgIpc) is 2.84. The molecule has 1 aromatic rings. The van der Waals surface area contributed by atoms with Crippen LogP contribution in [-0.2, 0) is 33.3 Å². The average molecular weight is 478 g/mol. The summed E-state index contributed by atoms with van der Waals surface area (Å²) in [6.45, 7) is 6.56. The fraction of sp³-hybridized carbons (Fsp3) is 0.458. The Kier molecular flexibility index (Phi) is 11.2. The van der Waals surface area contributed by atoms with Gasteiger partial charge in [-0.15, -0.1) is 13.2 Å². The van der Waals surface area contributed by atoms with Crippen molar-refractivity contribution in [1.29, 1.82) is 0 Å². The van der Waals surface area contributed by atoms with Crippen molar-refractivity contribution in [1.82, 2.24) is 0 Å². The zero-order chi connectivity index (χ0) is 24.9. The normalized spacial score (nSPS) is 23.9. The molecule has 1 aliphatic heterocycles. The number of aliphatic hydroxyl groups is 1. The van der Waals surface area contributed by atoms with Crippen LogP contribution in [-0.4, -0.2) is 67.6 Å². The highest BCUT2D eigenvalue weighted by Gasteiger charge is 2.52. The van der Waals surface area contributed by atoms with Gasteiger partial charge in [0, 0.05) is 25.6 Å². The molecule has 34 heavy (non-hydrogen) atoms. The Balaban J connectivity index is 2.30. The molecular formula is C24H31NO9. The van der Waals surface area contributed by atoms with E-state index in [0.29, 0.717) is 18.5 Å². The van der Waals surface area contributed by atoms with E-state index in [-0.39, 0.29) is 12.8 Å². The molecule has 1 heterocycles. The van der Waals surface area contributed by atoms with E-state index in [1.54, 1.807) is 42.5 Å². The predicted molar refractivity (Wildman–Crippen MR) is 122 cm³/mol. The molecule has 2 rings (SSSR count). The lowest BCUT2D eigenvalue weighted by atomic mass is 9.98. The third-order valence-electron chi connectivity index (χ3n) is 4.91. The van der Waals surface area contributed by atoms with Crippen molar-refractivity contribution in [3.63, 3.8) is 0 Å². The number of para-hydroxylation sites is 1. The lowest BCUT2D eigenvalue weighted by Crippen LogP contribution is -2.62. The molecule has 0 aliphatic carbocycles. The summed E-state index contributed by atoms with van der Waals surface area (Å²) >= 11 is 0. The summed E-state index contributed by atoms with van der Waals surface area (Å²) in [4.78, 5) is 37.4. The fourth-order valence-electron chi connectivity index (χ4n) is 3.27. The lowest BCUT2D eigenvalue weighted by Gasteiger charge is -2.43. The lowest BCUT2D eigenvalue weighted by molar-refractivity contribution is -0.299. The van der Waals surface area contributed by atoms with Crippen molar-refractivity contribution in [2.24, 2.45) is 0 Å². The second-order valence-corrected chi connectivity index (χ2v) is 7.39. The number of rotatable bonds is 12. The summed E-state index contributed by atoms with van der Waals surface area (Å²) in [5.74, 6) is -1.25. The van der Waals surface area contributed by atoms with Crippen LogP contribution < -0.4 is 5.32 Å². The van der Waals surface area contributed by atoms with Gasteiger partial charge in [0.1, 0.15) is 6.10 Å². The Labute approximate surface area is 198 Å². The van der Waals surface area contributed by atoms with Crippen LogP contribution in [0, 0.1) is 0 Å². The summed E-state index contributed by atoms with van der Waals surface area (Å²) in [7, 11) is 1.31. The first-order chi connectivity index (χ1) is 16.4. The first kappa shape index (κ1) is 27.0. The number of carbonyl (C=O) groups is 3. The molecule has 0 unspecified atom stereocenters. The Morgan fingerprint density at radius 3 is 2.09 bits per heavy atom. The zero-order valence-electron chi connectivity index (χ0n) is 19.1. The van der Waals surface area contributed by atoms with Crippen LogP contribution in [0.2, 0.25) is 0 Å². The van der Waals surface area contributed by atoms with Gasteiger partial charge in [-0.05, 0) is 25.0 Å². The summed E-state index contributed by atoms with van der Waals surface area (Å²) < 4.78 is 27.6. The maximum absolute atomic E-state index is 12.6. The largest absolute Gasteiger partial charge is 0.454 e. The zero-order valence-corrected chi connectivity index (χ0v) is 19.1. The van der Waals surface area contributed by atoms with Gasteiger partial charge < -0.3 is 28.8 Å². The monoisotopic (exact) mass is 477 g/mol. The molecule has 1 fully saturated rings. The molecule has 1 saturated heterocycles. The van der Waals surface area contributed by atoms with Gasteiger partial charge in [0.05, 0.1) is 6.61 Å². The van der Waals surface area contributed by atoms with Crippen molar-refractivity contribution in [3.05, 3.63) is 55.6 Å². The van der Waals surface area contributed by atoms with E-state index < -0.39 is 55.3 Å². The number of esters is 2. The molecule has 0 bridgehead atoms. The number of carbonyl (C=O) groups excluding carboxylic acids is 3. The minimum atomic E-state index is -1.30. The SMILES string of the molecule is C=CCCC(=O)O[C@H]1[C@@H](OC(=O)Nc2ccccc2)[C@@H](CO)O[C@H](OC)[C@@H]1OC(=O)CCC=C. The van der Waals surface area contributed by atoms with Crippen molar-refractivity contribution < 1.29 is 43.2 Å². The molecule has 1 amide bonds. The molecule has 10 nitrogen and oxygen atoms in total. The number of nitrogens with one attached hydrogen (secondary N) is 1. The van der Waals surface area contributed by atoms with Gasteiger partial charge in [0.2, 0.25) is 0 Å². The molecule has 1 aliphatic rings. The highest BCUT2D eigenvalue weighted by Crippen LogP contribution is 2.30. The molecule has 0 radical (unpaired) electrons. The van der Waals surface area contributed by atoms with Crippen LogP contribution in [0.15, 0.2) is 55.6 Å². The standard InChI is InChI=1S/C24H31NO9/c1-4-6-13-18(27)32-21-20(34-24(29)25-16-11-9-8-10-12-16)17(15-26)31-23(30-3)22(21)33-19(28)14-7-5-2/h4-5,8-12,17,20-23,26H,1-2,6-7,13-15H2,3H3,(H,25,29)/t17-,20+,21+,22-,23+/m1/s1. The van der Waals surface area contributed by atoms with Crippen LogP contribution in [0.5, 0.6) is 0 Å². The van der Waals surface area contributed by atoms with Crippen LogP contribution in [0.3, 0.4) is 0 Å². The van der Waals surface area contributed by atoms with E-state index in [4.69, 9.17) is 23.7 Å². The van der Waals surface area contributed by atoms with Crippen LogP contribution in [0.1, 0.15) is 25.7 Å². The first-order valence-corrected chi connectivity index (χ1v) is 10.9. The van der Waals surface area contributed by atoms with Crippen molar-refractivity contribution in [2.45, 2.75) is 56.4 Å². The smallest absolute Gasteiger partial charge is 0.412 e. The molecule has 5 atom stereocenters. The van der Waals surface area contributed by atoms with Crippen LogP contribution in [0.25, 0.3) is 0 Å². The molecule has 1 aromatic carbocycles. The third-order valence-corrected chi connectivity index (χ3v) is 4.91. The molecule has 0 saturated carbocycles. The van der Waals surface area contributed by atoms with E-state index in [9.17, 15) is 19.5 Å². The van der Waals surface area contributed by atoms with Crippen LogP contribution in [0.4, 0.5) is 10.5 Å². The first-order valence-electron chi connectivity index (χ1n) is 10.9. The second-order valence-electron chi connectivity index (χ2n) is 7.39. The van der Waals surface area contributed by atoms with E-state index in [1.165, 1.54) is 7.11 Å². The molecule has 186 valence electrons. The van der Waals surface area contributed by atoms with E-state index >= 15 is 0 Å². The molecule has 2 N–H and O–H groups in total. The number of anilines is 1. The summed E-state index contributed by atoms with van der Waals surface area (Å²) in [6.07, 6.45) is -3.19. The topological polar surface area (TPSA) is 130 Å². The quantitative estimate of drug-likeness (QED) is 0.265. The number of benzene rings is 1. The Morgan fingerprint density at radius 2 is 1.56 bits per heavy atom. The van der Waals surface area contributed by atoms with E-state index in [2.05, 4.69) is 18.5 Å². The predicted octanol–water partition coefficient (Wildman–Crippen LogP) is 2.72. The van der Waals surface area contributed by atoms with Gasteiger partial charge in [-0.1, -0.05) is 30.4 Å². The number of methoxy groups -OCH3 is 1. The maximum atomic E-state index is 12.6. The van der Waals surface area contributed by atoms with Gasteiger partial charge in [-0.3, -0.25) is 14.9 Å². The molecule has 10 heteroatoms. The fourth-order valence-corrected chi connectivity index (χ4v) is 3.27. The van der Waals surface area contributed by atoms with E-state index in [1.807, 2.05) is 0 Å². The number of aliphatic hydroxyl groups excluding tert-OH is 1. The number of ether oxygens (including phenoxy) is 5.